The number of hydrogen-bond donors (Lipinski definition) is 0. The van der Waals surface area contributed by atoms with E-state index in [9.17, 15) is 9.59 Å². The predicted molar refractivity (Wildman–Crippen MR) is 143 cm³/mol. The van der Waals surface area contributed by atoms with Crippen LogP contribution < -0.4 is 0 Å². The summed E-state index contributed by atoms with van der Waals surface area (Å²) in [4.78, 5) is 25.5. The summed E-state index contributed by atoms with van der Waals surface area (Å²) < 4.78 is 12.1. The SMILES string of the molecule is C[C@]12CC[C@@H]3[C@H](CC=C4C[C@H](OC(=O)c5ccccc5)CC[C@@]43C)[C@@H]1CC[C@H]2OC(=O)c1ccccc1. The van der Waals surface area contributed by atoms with E-state index in [0.717, 1.165) is 44.9 Å². The van der Waals surface area contributed by atoms with Crippen molar-refractivity contribution in [1.29, 1.82) is 0 Å². The second-order valence-corrected chi connectivity index (χ2v) is 12.3. The van der Waals surface area contributed by atoms with Crippen LogP contribution in [0.3, 0.4) is 0 Å². The molecule has 0 N–H and O–H groups in total. The summed E-state index contributed by atoms with van der Waals surface area (Å²) in [5, 5.41) is 0. The molecule has 4 aliphatic carbocycles. The van der Waals surface area contributed by atoms with E-state index in [1.54, 1.807) is 0 Å². The van der Waals surface area contributed by atoms with E-state index in [1.807, 2.05) is 60.7 Å². The molecule has 0 heterocycles. The van der Waals surface area contributed by atoms with E-state index < -0.39 is 0 Å². The molecule has 3 saturated carbocycles. The molecule has 0 aliphatic heterocycles. The molecule has 4 heteroatoms. The van der Waals surface area contributed by atoms with Crippen LogP contribution in [0.4, 0.5) is 0 Å². The third kappa shape index (κ3) is 4.23. The molecule has 0 bridgehead atoms. The van der Waals surface area contributed by atoms with Gasteiger partial charge < -0.3 is 9.47 Å². The number of benzene rings is 2. The van der Waals surface area contributed by atoms with Gasteiger partial charge in [0, 0.05) is 11.8 Å². The first kappa shape index (κ1) is 24.5. The van der Waals surface area contributed by atoms with Crippen LogP contribution >= 0.6 is 0 Å². The second-order valence-electron chi connectivity index (χ2n) is 12.3. The largest absolute Gasteiger partial charge is 0.458 e. The molecule has 3 fully saturated rings. The molecule has 0 unspecified atom stereocenters. The monoisotopic (exact) mass is 498 g/mol. The van der Waals surface area contributed by atoms with Crippen LogP contribution in [0.25, 0.3) is 0 Å². The van der Waals surface area contributed by atoms with Crippen LogP contribution in [0.15, 0.2) is 72.3 Å². The fourth-order valence-corrected chi connectivity index (χ4v) is 8.44. The first-order valence-electron chi connectivity index (χ1n) is 14.1. The molecule has 0 aromatic heterocycles. The van der Waals surface area contributed by atoms with Gasteiger partial charge in [-0.2, -0.15) is 0 Å². The minimum atomic E-state index is -0.209. The number of rotatable bonds is 4. The number of ether oxygens (including phenoxy) is 2. The summed E-state index contributed by atoms with van der Waals surface area (Å²) in [5.74, 6) is 1.48. The highest BCUT2D eigenvalue weighted by Gasteiger charge is 2.59. The van der Waals surface area contributed by atoms with E-state index >= 15 is 0 Å². The topological polar surface area (TPSA) is 52.6 Å². The molecule has 0 spiro atoms. The van der Waals surface area contributed by atoms with E-state index in [1.165, 1.54) is 12.0 Å². The van der Waals surface area contributed by atoms with Gasteiger partial charge in [0.25, 0.3) is 0 Å². The van der Waals surface area contributed by atoms with Crippen molar-refractivity contribution in [1.82, 2.24) is 0 Å². The fourth-order valence-electron chi connectivity index (χ4n) is 8.44. The summed E-state index contributed by atoms with van der Waals surface area (Å²) in [6.45, 7) is 4.85. The van der Waals surface area contributed by atoms with Crippen LogP contribution in [0.5, 0.6) is 0 Å². The average molecular weight is 499 g/mol. The Morgan fingerprint density at radius 2 is 1.41 bits per heavy atom. The Morgan fingerprint density at radius 1 is 0.757 bits per heavy atom. The van der Waals surface area contributed by atoms with E-state index in [-0.39, 0.29) is 35.0 Å². The zero-order valence-corrected chi connectivity index (χ0v) is 22.0. The lowest BCUT2D eigenvalue weighted by Gasteiger charge is -2.57. The van der Waals surface area contributed by atoms with Crippen molar-refractivity contribution in [3.8, 4) is 0 Å². The minimum absolute atomic E-state index is 0.00234. The Balaban J connectivity index is 1.15. The molecular weight excluding hydrogens is 460 g/mol. The fraction of sp³-hybridized carbons (Fsp3) is 0.515. The quantitative estimate of drug-likeness (QED) is 0.325. The maximum Gasteiger partial charge on any atom is 0.338 e. The van der Waals surface area contributed by atoms with Crippen LogP contribution in [-0.4, -0.2) is 24.1 Å². The Kier molecular flexibility index (Phi) is 6.25. The van der Waals surface area contributed by atoms with Crippen molar-refractivity contribution < 1.29 is 19.1 Å². The molecule has 2 aromatic carbocycles. The van der Waals surface area contributed by atoms with Crippen LogP contribution in [-0.2, 0) is 9.47 Å². The van der Waals surface area contributed by atoms with Gasteiger partial charge in [-0.15, -0.1) is 0 Å². The van der Waals surface area contributed by atoms with E-state index in [4.69, 9.17) is 9.47 Å². The Morgan fingerprint density at radius 3 is 2.08 bits per heavy atom. The van der Waals surface area contributed by atoms with Gasteiger partial charge in [0.05, 0.1) is 11.1 Å². The molecule has 0 saturated heterocycles. The lowest BCUT2D eigenvalue weighted by molar-refractivity contribution is -0.0787. The number of esters is 2. The normalized spacial score (nSPS) is 36.4. The van der Waals surface area contributed by atoms with Crippen molar-refractivity contribution in [2.45, 2.75) is 77.4 Å². The standard InChI is InChI=1S/C33H38O4/c1-32-19-17-25(36-30(34)22-9-5-3-6-10-22)21-24(32)13-14-26-27-15-16-29(33(27,2)20-18-28(26)32)37-31(35)23-11-7-4-8-12-23/h3-13,25-29H,14-21H2,1-2H3/t25-,26-,27+,28-,29-,32+,33+/m1/s1. The molecular formula is C33H38O4. The lowest BCUT2D eigenvalue weighted by Crippen LogP contribution is -2.51. The van der Waals surface area contributed by atoms with Gasteiger partial charge in [0.2, 0.25) is 0 Å². The van der Waals surface area contributed by atoms with Crippen molar-refractivity contribution >= 4 is 11.9 Å². The number of carbonyl (C=O) groups is 2. The summed E-state index contributed by atoms with van der Waals surface area (Å²) in [6, 6.07) is 18.7. The third-order valence-corrected chi connectivity index (χ3v) is 10.5. The summed E-state index contributed by atoms with van der Waals surface area (Å²) >= 11 is 0. The van der Waals surface area contributed by atoms with Crippen molar-refractivity contribution in [3.63, 3.8) is 0 Å². The van der Waals surface area contributed by atoms with Gasteiger partial charge in [0.1, 0.15) is 12.2 Å². The van der Waals surface area contributed by atoms with Gasteiger partial charge in [-0.05, 0) is 92.4 Å². The van der Waals surface area contributed by atoms with Crippen molar-refractivity contribution in [3.05, 3.63) is 83.4 Å². The Labute approximate surface area is 220 Å². The van der Waals surface area contributed by atoms with Gasteiger partial charge in [0.15, 0.2) is 0 Å². The minimum Gasteiger partial charge on any atom is -0.458 e. The number of fused-ring (bicyclic) bond motifs is 5. The molecule has 194 valence electrons. The highest BCUT2D eigenvalue weighted by molar-refractivity contribution is 5.90. The van der Waals surface area contributed by atoms with Gasteiger partial charge in [-0.25, -0.2) is 9.59 Å². The first-order chi connectivity index (χ1) is 17.9. The second kappa shape index (κ2) is 9.45. The molecule has 0 radical (unpaired) electrons. The number of carbonyl (C=O) groups excluding carboxylic acids is 2. The highest BCUT2D eigenvalue weighted by atomic mass is 16.5. The Hall–Kier alpha value is -2.88. The zero-order chi connectivity index (χ0) is 25.6. The first-order valence-corrected chi connectivity index (χ1v) is 14.1. The van der Waals surface area contributed by atoms with Crippen molar-refractivity contribution in [2.24, 2.45) is 28.6 Å². The summed E-state index contributed by atoms with van der Waals surface area (Å²) in [7, 11) is 0. The zero-order valence-electron chi connectivity index (χ0n) is 22.0. The van der Waals surface area contributed by atoms with E-state index in [2.05, 4.69) is 19.9 Å². The summed E-state index contributed by atoms with van der Waals surface area (Å²) in [6.07, 6.45) is 10.8. The van der Waals surface area contributed by atoms with Crippen molar-refractivity contribution in [2.75, 3.05) is 0 Å². The third-order valence-electron chi connectivity index (χ3n) is 10.5. The number of hydrogen-bond acceptors (Lipinski definition) is 4. The molecule has 2 aromatic rings. The lowest BCUT2D eigenvalue weighted by atomic mass is 9.48. The van der Waals surface area contributed by atoms with E-state index in [0.29, 0.717) is 28.9 Å². The molecule has 7 atom stereocenters. The van der Waals surface area contributed by atoms with Gasteiger partial charge in [-0.1, -0.05) is 61.9 Å². The molecule has 37 heavy (non-hydrogen) atoms. The van der Waals surface area contributed by atoms with Gasteiger partial charge in [-0.3, -0.25) is 0 Å². The maximum absolute atomic E-state index is 12.9. The predicted octanol–water partition coefficient (Wildman–Crippen LogP) is 7.40. The molecule has 6 rings (SSSR count). The maximum atomic E-state index is 12.9. The highest BCUT2D eigenvalue weighted by Crippen LogP contribution is 2.65. The van der Waals surface area contributed by atoms with Crippen LogP contribution in [0, 0.1) is 28.6 Å². The Bertz CT molecular complexity index is 1190. The van der Waals surface area contributed by atoms with Crippen LogP contribution in [0.1, 0.15) is 85.9 Å². The molecule has 4 aliphatic rings. The molecule has 0 amide bonds. The van der Waals surface area contributed by atoms with Gasteiger partial charge >= 0.3 is 11.9 Å². The smallest absolute Gasteiger partial charge is 0.338 e. The number of allylic oxidation sites excluding steroid dienone is 1. The average Bonchev–Trinajstić information content (AvgIpc) is 3.25. The van der Waals surface area contributed by atoms with Crippen LogP contribution in [0.2, 0.25) is 0 Å². The molecule has 4 nitrogen and oxygen atoms in total. The summed E-state index contributed by atoms with van der Waals surface area (Å²) in [5.41, 5.74) is 3.00.